The van der Waals surface area contributed by atoms with E-state index in [1.807, 2.05) is 55.6 Å². The van der Waals surface area contributed by atoms with Crippen molar-refractivity contribution in [2.24, 2.45) is 0 Å². The van der Waals surface area contributed by atoms with E-state index < -0.39 is 0 Å². The minimum atomic E-state index is -0.131. The number of benzene rings is 2. The summed E-state index contributed by atoms with van der Waals surface area (Å²) in [5.74, 6) is -0.0347. The predicted octanol–water partition coefficient (Wildman–Crippen LogP) is 6.11. The van der Waals surface area contributed by atoms with E-state index in [9.17, 15) is 4.79 Å². The molecule has 2 atom stereocenters. The molecule has 0 saturated carbocycles. The second-order valence-electron chi connectivity index (χ2n) is 9.88. The number of nitrogens with zero attached hydrogens (tertiary/aromatic N) is 3. The molecule has 2 N–H and O–H groups in total. The summed E-state index contributed by atoms with van der Waals surface area (Å²) in [4.78, 5) is 19.8. The quantitative estimate of drug-likeness (QED) is 0.286. The maximum absolute atomic E-state index is 13.0. The van der Waals surface area contributed by atoms with E-state index in [1.165, 1.54) is 16.8 Å². The minimum Gasteiger partial charge on any atom is -0.352 e. The van der Waals surface area contributed by atoms with Gasteiger partial charge in [-0.25, -0.2) is 0 Å². The van der Waals surface area contributed by atoms with Gasteiger partial charge in [0.1, 0.15) is 0 Å². The summed E-state index contributed by atoms with van der Waals surface area (Å²) in [6.45, 7) is 8.92. The van der Waals surface area contributed by atoms with E-state index >= 15 is 0 Å². The Bertz CT molecular complexity index is 1480. The fraction of sp³-hybridized carbons (Fsp3) is 0.258. The number of rotatable bonds is 7. The number of aryl methyl sites for hydroxylation is 3. The number of anilines is 1. The van der Waals surface area contributed by atoms with Crippen molar-refractivity contribution in [3.8, 4) is 5.69 Å². The third-order valence-electron chi connectivity index (χ3n) is 7.34. The summed E-state index contributed by atoms with van der Waals surface area (Å²) in [5.41, 5.74) is 8.67. The second-order valence-corrected chi connectivity index (χ2v) is 10.3. The van der Waals surface area contributed by atoms with Crippen LogP contribution in [0.15, 0.2) is 79.0 Å². The standard InChI is InChI=1S/C31H33N5OS/c1-20-11-5-7-13-25(20)33-28(37)16-18-35-30(29(34-31(35)38)26-14-9-10-17-32-26)24-19-22(3)36(23(24)4)27-15-8-6-12-21(27)2/h5-15,17,19,29-30H,16,18H2,1-4H3,(H,33,37)(H,34,38). The Kier molecular flexibility index (Phi) is 7.29. The molecule has 194 valence electrons. The summed E-state index contributed by atoms with van der Waals surface area (Å²) >= 11 is 5.84. The number of para-hydroxylation sites is 2. The molecule has 2 aromatic carbocycles. The minimum absolute atomic E-state index is 0.0347. The molecule has 1 amide bonds. The summed E-state index contributed by atoms with van der Waals surface area (Å²) in [5, 5.41) is 7.20. The fourth-order valence-corrected chi connectivity index (χ4v) is 5.74. The zero-order valence-electron chi connectivity index (χ0n) is 22.2. The van der Waals surface area contributed by atoms with Gasteiger partial charge in [-0.3, -0.25) is 9.78 Å². The SMILES string of the molecule is Cc1ccccc1NC(=O)CCN1C(=S)NC(c2ccccn2)C1c1cc(C)n(-c2ccccc2C)c1C. The Hall–Kier alpha value is -3.97. The van der Waals surface area contributed by atoms with Crippen LogP contribution in [0.3, 0.4) is 0 Å². The predicted molar refractivity (Wildman–Crippen MR) is 157 cm³/mol. The number of pyridine rings is 1. The van der Waals surface area contributed by atoms with Gasteiger partial charge in [0.25, 0.3) is 0 Å². The molecule has 1 aliphatic rings. The number of hydrogen-bond acceptors (Lipinski definition) is 3. The van der Waals surface area contributed by atoms with Crippen LogP contribution in [0.1, 0.15) is 52.3 Å². The lowest BCUT2D eigenvalue weighted by Crippen LogP contribution is -2.33. The van der Waals surface area contributed by atoms with Crippen molar-refractivity contribution >= 4 is 28.9 Å². The summed E-state index contributed by atoms with van der Waals surface area (Å²) in [7, 11) is 0. The van der Waals surface area contributed by atoms with Crippen molar-refractivity contribution in [3.05, 3.63) is 113 Å². The normalized spacial score (nSPS) is 16.9. The van der Waals surface area contributed by atoms with Crippen LogP contribution in [0.25, 0.3) is 5.69 Å². The molecule has 2 unspecified atom stereocenters. The van der Waals surface area contributed by atoms with E-state index in [-0.39, 0.29) is 18.0 Å². The highest BCUT2D eigenvalue weighted by molar-refractivity contribution is 7.80. The first kappa shape index (κ1) is 25.7. The van der Waals surface area contributed by atoms with Gasteiger partial charge in [0.2, 0.25) is 5.91 Å². The lowest BCUT2D eigenvalue weighted by Gasteiger charge is -2.28. The van der Waals surface area contributed by atoms with Crippen molar-refractivity contribution in [1.29, 1.82) is 0 Å². The summed E-state index contributed by atoms with van der Waals surface area (Å²) in [6, 6.07) is 24.2. The van der Waals surface area contributed by atoms with E-state index in [0.29, 0.717) is 18.1 Å². The van der Waals surface area contributed by atoms with Gasteiger partial charge in [-0.1, -0.05) is 42.5 Å². The van der Waals surface area contributed by atoms with E-state index in [2.05, 4.69) is 76.2 Å². The van der Waals surface area contributed by atoms with Crippen molar-refractivity contribution in [3.63, 3.8) is 0 Å². The molecule has 1 fully saturated rings. The molecule has 0 radical (unpaired) electrons. The van der Waals surface area contributed by atoms with E-state index in [1.54, 1.807) is 0 Å². The summed E-state index contributed by atoms with van der Waals surface area (Å²) < 4.78 is 2.31. The van der Waals surface area contributed by atoms with Crippen molar-refractivity contribution in [2.45, 2.75) is 46.2 Å². The first-order valence-corrected chi connectivity index (χ1v) is 13.3. The molecular formula is C31H33N5OS. The molecule has 0 aliphatic carbocycles. The molecule has 1 aliphatic heterocycles. The average molecular weight is 524 g/mol. The first-order valence-electron chi connectivity index (χ1n) is 12.9. The van der Waals surface area contributed by atoms with Gasteiger partial charge in [-0.2, -0.15) is 0 Å². The number of nitrogens with one attached hydrogen (secondary N) is 2. The Morgan fingerprint density at radius 2 is 1.68 bits per heavy atom. The van der Waals surface area contributed by atoms with Crippen LogP contribution in [0, 0.1) is 27.7 Å². The van der Waals surface area contributed by atoms with Crippen molar-refractivity contribution in [2.75, 3.05) is 11.9 Å². The number of thiocarbonyl (C=S) groups is 1. The van der Waals surface area contributed by atoms with E-state index in [4.69, 9.17) is 12.2 Å². The molecule has 0 bridgehead atoms. The van der Waals surface area contributed by atoms with Crippen LogP contribution < -0.4 is 10.6 Å². The third kappa shape index (κ3) is 4.94. The maximum Gasteiger partial charge on any atom is 0.226 e. The third-order valence-corrected chi connectivity index (χ3v) is 7.69. The number of carbonyl (C=O) groups excluding carboxylic acids is 1. The Balaban J connectivity index is 1.48. The molecular weight excluding hydrogens is 490 g/mol. The van der Waals surface area contributed by atoms with Crippen LogP contribution >= 0.6 is 12.2 Å². The molecule has 6 nitrogen and oxygen atoms in total. The molecule has 2 aromatic heterocycles. The van der Waals surface area contributed by atoms with Gasteiger partial charge in [0.05, 0.1) is 17.8 Å². The Morgan fingerprint density at radius 3 is 2.39 bits per heavy atom. The molecule has 38 heavy (non-hydrogen) atoms. The molecule has 3 heterocycles. The van der Waals surface area contributed by atoms with Crippen molar-refractivity contribution < 1.29 is 4.79 Å². The van der Waals surface area contributed by atoms with Crippen molar-refractivity contribution in [1.82, 2.24) is 19.8 Å². The van der Waals surface area contributed by atoms with Crippen LogP contribution in [0.4, 0.5) is 5.69 Å². The largest absolute Gasteiger partial charge is 0.352 e. The van der Waals surface area contributed by atoms with Gasteiger partial charge in [0, 0.05) is 41.9 Å². The first-order chi connectivity index (χ1) is 18.3. The monoisotopic (exact) mass is 523 g/mol. The lowest BCUT2D eigenvalue weighted by atomic mass is 9.96. The van der Waals surface area contributed by atoms with Crippen LogP contribution in [-0.4, -0.2) is 32.0 Å². The molecule has 4 aromatic rings. The number of aromatic nitrogens is 2. The highest BCUT2D eigenvalue weighted by Gasteiger charge is 2.41. The zero-order valence-corrected chi connectivity index (χ0v) is 23.0. The van der Waals surface area contributed by atoms with Gasteiger partial charge in [-0.05, 0) is 86.9 Å². The number of carbonyl (C=O) groups is 1. The average Bonchev–Trinajstić information content (AvgIpc) is 3.39. The second kappa shape index (κ2) is 10.8. The highest BCUT2D eigenvalue weighted by Crippen LogP contribution is 2.41. The lowest BCUT2D eigenvalue weighted by molar-refractivity contribution is -0.116. The van der Waals surface area contributed by atoms with Gasteiger partial charge >= 0.3 is 0 Å². The molecule has 5 rings (SSSR count). The van der Waals surface area contributed by atoms with Gasteiger partial charge < -0.3 is 20.1 Å². The van der Waals surface area contributed by atoms with E-state index in [0.717, 1.165) is 28.3 Å². The Labute approximate surface area is 229 Å². The summed E-state index contributed by atoms with van der Waals surface area (Å²) in [6.07, 6.45) is 2.13. The van der Waals surface area contributed by atoms with Crippen LogP contribution in [-0.2, 0) is 4.79 Å². The topological polar surface area (TPSA) is 62.2 Å². The molecule has 1 saturated heterocycles. The fourth-order valence-electron chi connectivity index (χ4n) is 5.40. The number of hydrogen-bond donors (Lipinski definition) is 2. The van der Waals surface area contributed by atoms with Gasteiger partial charge in [0.15, 0.2) is 5.11 Å². The zero-order chi connectivity index (χ0) is 26.8. The number of amides is 1. The smallest absolute Gasteiger partial charge is 0.226 e. The van der Waals surface area contributed by atoms with Crippen LogP contribution in [0.5, 0.6) is 0 Å². The maximum atomic E-state index is 13.0. The highest BCUT2D eigenvalue weighted by atomic mass is 32.1. The van der Waals surface area contributed by atoms with Gasteiger partial charge in [-0.15, -0.1) is 0 Å². The Morgan fingerprint density at radius 1 is 0.974 bits per heavy atom. The molecule has 7 heteroatoms. The van der Waals surface area contributed by atoms with Crippen LogP contribution in [0.2, 0.25) is 0 Å². The molecule has 0 spiro atoms.